The molecule has 0 amide bonds. The van der Waals surface area contributed by atoms with Crippen LogP contribution in [0.2, 0.25) is 0 Å². The number of hydrogen-bond acceptors (Lipinski definition) is 3. The average molecular weight is 334 g/mol. The third-order valence-electron chi connectivity index (χ3n) is 4.98. The Hall–Kier alpha value is -2.59. The van der Waals surface area contributed by atoms with Crippen LogP contribution in [0.1, 0.15) is 5.69 Å². The first kappa shape index (κ1) is 15.9. The fourth-order valence-corrected chi connectivity index (χ4v) is 3.53. The van der Waals surface area contributed by atoms with Gasteiger partial charge in [-0.2, -0.15) is 0 Å². The number of ether oxygens (including phenoxy) is 1. The minimum atomic E-state index is 0.924. The summed E-state index contributed by atoms with van der Waals surface area (Å²) >= 11 is 0. The molecule has 1 fully saturated rings. The molecule has 1 aliphatic rings. The summed E-state index contributed by atoms with van der Waals surface area (Å²) in [5, 5.41) is 1.21. The van der Waals surface area contributed by atoms with Crippen molar-refractivity contribution in [3.8, 4) is 5.75 Å². The number of quaternary nitrogens is 1. The number of nitrogens with zero attached hydrogens (tertiary/aromatic N) is 2. The number of fused-ring (bicyclic) bond motifs is 1. The minimum Gasteiger partial charge on any atom is -0.497 e. The Bertz CT molecular complexity index is 856. The van der Waals surface area contributed by atoms with Crippen LogP contribution in [0.3, 0.4) is 0 Å². The molecule has 0 radical (unpaired) electrons. The van der Waals surface area contributed by atoms with E-state index in [2.05, 4.69) is 59.5 Å². The van der Waals surface area contributed by atoms with Crippen molar-refractivity contribution in [3.63, 3.8) is 0 Å². The van der Waals surface area contributed by atoms with E-state index < -0.39 is 0 Å². The predicted molar refractivity (Wildman–Crippen MR) is 101 cm³/mol. The highest BCUT2D eigenvalue weighted by Crippen LogP contribution is 2.20. The Labute approximate surface area is 148 Å². The lowest BCUT2D eigenvalue weighted by atomic mass is 10.2. The highest BCUT2D eigenvalue weighted by molar-refractivity contribution is 5.78. The molecule has 1 N–H and O–H groups in total. The molecule has 4 heteroatoms. The summed E-state index contributed by atoms with van der Waals surface area (Å²) < 4.78 is 5.34. The lowest BCUT2D eigenvalue weighted by Gasteiger charge is -2.33. The molecule has 25 heavy (non-hydrogen) atoms. The topological polar surface area (TPSA) is 29.8 Å². The Kier molecular flexibility index (Phi) is 4.53. The van der Waals surface area contributed by atoms with Crippen molar-refractivity contribution in [3.05, 3.63) is 66.4 Å². The van der Waals surface area contributed by atoms with Gasteiger partial charge in [0.1, 0.15) is 12.3 Å². The van der Waals surface area contributed by atoms with Crippen LogP contribution in [0.5, 0.6) is 5.75 Å². The first-order chi connectivity index (χ1) is 12.3. The summed E-state index contributed by atoms with van der Waals surface area (Å²) in [5.74, 6) is 0.924. The van der Waals surface area contributed by atoms with E-state index in [-0.39, 0.29) is 0 Å². The van der Waals surface area contributed by atoms with E-state index in [0.29, 0.717) is 0 Å². The van der Waals surface area contributed by atoms with E-state index in [1.165, 1.54) is 16.8 Å². The maximum atomic E-state index is 5.34. The first-order valence-corrected chi connectivity index (χ1v) is 8.89. The van der Waals surface area contributed by atoms with Gasteiger partial charge in [0.05, 0.1) is 44.5 Å². The van der Waals surface area contributed by atoms with Gasteiger partial charge in [-0.05, 0) is 24.3 Å². The van der Waals surface area contributed by atoms with Crippen LogP contribution in [0.15, 0.2) is 60.7 Å². The molecule has 1 aliphatic heterocycles. The highest BCUT2D eigenvalue weighted by atomic mass is 16.5. The van der Waals surface area contributed by atoms with Crippen molar-refractivity contribution in [2.24, 2.45) is 0 Å². The van der Waals surface area contributed by atoms with Gasteiger partial charge in [0.15, 0.2) is 0 Å². The smallest absolute Gasteiger partial charge is 0.120 e. The van der Waals surface area contributed by atoms with Gasteiger partial charge in [0.2, 0.25) is 0 Å². The molecule has 4 nitrogen and oxygen atoms in total. The fourth-order valence-electron chi connectivity index (χ4n) is 3.53. The zero-order chi connectivity index (χ0) is 17.1. The quantitative estimate of drug-likeness (QED) is 0.793. The number of nitrogens with one attached hydrogen (secondary N) is 1. The molecular weight excluding hydrogens is 310 g/mol. The fraction of sp³-hybridized carbons (Fsp3) is 0.286. The lowest BCUT2D eigenvalue weighted by molar-refractivity contribution is -0.914. The summed E-state index contributed by atoms with van der Waals surface area (Å²) in [5.41, 5.74) is 3.53. The monoisotopic (exact) mass is 334 g/mol. The Balaban J connectivity index is 1.39. The largest absolute Gasteiger partial charge is 0.497 e. The van der Waals surface area contributed by atoms with Crippen LogP contribution in [-0.2, 0) is 6.54 Å². The lowest BCUT2D eigenvalue weighted by Crippen LogP contribution is -3.13. The van der Waals surface area contributed by atoms with Gasteiger partial charge in [0.25, 0.3) is 0 Å². The molecule has 0 aliphatic carbocycles. The predicted octanol–water partition coefficient (Wildman–Crippen LogP) is 2.15. The van der Waals surface area contributed by atoms with Gasteiger partial charge >= 0.3 is 0 Å². The van der Waals surface area contributed by atoms with Crippen LogP contribution in [0.4, 0.5) is 5.69 Å². The first-order valence-electron chi connectivity index (χ1n) is 8.89. The van der Waals surface area contributed by atoms with Crippen LogP contribution in [0, 0.1) is 0 Å². The number of rotatable bonds is 4. The standard InChI is InChI=1S/C21H23N3O/c1-25-20-7-4-6-19(15-20)24-13-11-23(12-14-24)16-18-10-9-17-5-2-3-8-21(17)22-18/h2-10,15H,11-14,16H2,1H3/p+1. The van der Waals surface area contributed by atoms with Crippen molar-refractivity contribution >= 4 is 16.6 Å². The third kappa shape index (κ3) is 3.59. The van der Waals surface area contributed by atoms with Gasteiger partial charge in [0, 0.05) is 17.1 Å². The molecule has 2 aromatic carbocycles. The zero-order valence-corrected chi connectivity index (χ0v) is 14.6. The van der Waals surface area contributed by atoms with Crippen LogP contribution >= 0.6 is 0 Å². The second-order valence-corrected chi connectivity index (χ2v) is 6.61. The molecular formula is C21H24N3O+. The summed E-state index contributed by atoms with van der Waals surface area (Å²) in [6, 6.07) is 21.0. The van der Waals surface area contributed by atoms with Crippen LogP contribution in [0.25, 0.3) is 10.9 Å². The molecule has 1 saturated heterocycles. The van der Waals surface area contributed by atoms with Gasteiger partial charge in [-0.3, -0.25) is 0 Å². The second-order valence-electron chi connectivity index (χ2n) is 6.61. The molecule has 2 heterocycles. The molecule has 3 aromatic rings. The van der Waals surface area contributed by atoms with Gasteiger partial charge in [-0.25, -0.2) is 4.98 Å². The van der Waals surface area contributed by atoms with E-state index >= 15 is 0 Å². The molecule has 1 aromatic heterocycles. The molecule has 0 spiro atoms. The molecule has 0 bridgehead atoms. The number of pyridine rings is 1. The molecule has 4 rings (SSSR count). The number of aromatic nitrogens is 1. The summed E-state index contributed by atoms with van der Waals surface area (Å²) in [4.78, 5) is 8.86. The highest BCUT2D eigenvalue weighted by Gasteiger charge is 2.21. The number of methoxy groups -OCH3 is 1. The van der Waals surface area contributed by atoms with Crippen molar-refractivity contribution in [1.29, 1.82) is 0 Å². The van der Waals surface area contributed by atoms with E-state index in [0.717, 1.165) is 44.0 Å². The normalized spacial score (nSPS) is 15.5. The Morgan fingerprint density at radius 2 is 1.84 bits per heavy atom. The average Bonchev–Trinajstić information content (AvgIpc) is 2.68. The van der Waals surface area contributed by atoms with E-state index in [9.17, 15) is 0 Å². The minimum absolute atomic E-state index is 0.924. The van der Waals surface area contributed by atoms with Crippen molar-refractivity contribution < 1.29 is 9.64 Å². The van der Waals surface area contributed by atoms with Gasteiger partial charge in [-0.1, -0.05) is 30.3 Å². The summed E-state index contributed by atoms with van der Waals surface area (Å²) in [6.45, 7) is 5.39. The van der Waals surface area contributed by atoms with Crippen LogP contribution in [-0.4, -0.2) is 38.3 Å². The van der Waals surface area contributed by atoms with E-state index in [1.807, 2.05) is 6.07 Å². The summed E-state index contributed by atoms with van der Waals surface area (Å²) in [7, 11) is 1.72. The maximum absolute atomic E-state index is 5.34. The van der Waals surface area contributed by atoms with Gasteiger partial charge < -0.3 is 14.5 Å². The van der Waals surface area contributed by atoms with E-state index in [4.69, 9.17) is 9.72 Å². The molecule has 0 unspecified atom stereocenters. The number of hydrogen-bond donors (Lipinski definition) is 1. The third-order valence-corrected chi connectivity index (χ3v) is 4.98. The maximum Gasteiger partial charge on any atom is 0.120 e. The zero-order valence-electron chi connectivity index (χ0n) is 14.6. The molecule has 0 saturated carbocycles. The summed E-state index contributed by atoms with van der Waals surface area (Å²) in [6.07, 6.45) is 0. The SMILES string of the molecule is COc1cccc(N2CC[NH+](Cc3ccc4ccccc4n3)CC2)c1. The van der Waals surface area contributed by atoms with E-state index in [1.54, 1.807) is 12.0 Å². The number of piperazine rings is 1. The molecule has 0 atom stereocenters. The Morgan fingerprint density at radius 3 is 2.68 bits per heavy atom. The number of anilines is 1. The number of benzene rings is 2. The second kappa shape index (κ2) is 7.11. The van der Waals surface area contributed by atoms with Crippen LogP contribution < -0.4 is 14.5 Å². The molecule has 128 valence electrons. The van der Waals surface area contributed by atoms with Crippen molar-refractivity contribution in [2.45, 2.75) is 6.54 Å². The van der Waals surface area contributed by atoms with Gasteiger partial charge in [-0.15, -0.1) is 0 Å². The van der Waals surface area contributed by atoms with Crippen molar-refractivity contribution in [2.75, 3.05) is 38.2 Å². The van der Waals surface area contributed by atoms with Crippen molar-refractivity contribution in [1.82, 2.24) is 4.98 Å². The number of para-hydroxylation sites is 1. The Morgan fingerprint density at radius 1 is 1.00 bits per heavy atom.